The fraction of sp³-hybridized carbons (Fsp3) is 0.533. The summed E-state index contributed by atoms with van der Waals surface area (Å²) >= 11 is 0. The van der Waals surface area contributed by atoms with Crippen LogP contribution in [0.4, 0.5) is 0 Å². The third kappa shape index (κ3) is 7.74. The van der Waals surface area contributed by atoms with Gasteiger partial charge in [-0.2, -0.15) is 0 Å². The van der Waals surface area contributed by atoms with E-state index in [0.29, 0.717) is 44.1 Å². The van der Waals surface area contributed by atoms with Crippen molar-refractivity contribution in [3.63, 3.8) is 0 Å². The van der Waals surface area contributed by atoms with Crippen molar-refractivity contribution in [3.8, 4) is 11.5 Å². The Kier molecular flexibility index (Phi) is 10.6. The smallest absolute Gasteiger partial charge is 0.242 e. The molecule has 196 valence electrons. The summed E-state index contributed by atoms with van der Waals surface area (Å²) in [6.45, 7) is 9.29. The minimum atomic E-state index is -0.543. The Labute approximate surface area is 216 Å². The topological polar surface area (TPSA) is 67.9 Å². The lowest BCUT2D eigenvalue weighted by atomic mass is 9.95. The number of nitrogens with zero attached hydrogens (tertiary/aromatic N) is 1. The van der Waals surface area contributed by atoms with Gasteiger partial charge < -0.3 is 19.7 Å². The first-order valence-corrected chi connectivity index (χ1v) is 13.5. The Morgan fingerprint density at radius 2 is 1.69 bits per heavy atom. The minimum absolute atomic E-state index is 0.0311. The molecule has 6 nitrogen and oxygen atoms in total. The molecule has 1 saturated carbocycles. The molecule has 0 saturated heterocycles. The number of amides is 2. The Morgan fingerprint density at radius 1 is 1.00 bits per heavy atom. The molecule has 36 heavy (non-hydrogen) atoms. The van der Waals surface area contributed by atoms with Gasteiger partial charge in [-0.05, 0) is 75.8 Å². The highest BCUT2D eigenvalue weighted by molar-refractivity contribution is 5.87. The van der Waals surface area contributed by atoms with E-state index >= 15 is 0 Å². The summed E-state index contributed by atoms with van der Waals surface area (Å²) in [5.74, 6) is 1.31. The molecule has 1 aliphatic rings. The van der Waals surface area contributed by atoms with Crippen molar-refractivity contribution in [3.05, 3.63) is 59.2 Å². The first kappa shape index (κ1) is 27.6. The number of nitrogens with one attached hydrogen (secondary N) is 1. The summed E-state index contributed by atoms with van der Waals surface area (Å²) in [7, 11) is 0. The highest BCUT2D eigenvalue weighted by atomic mass is 16.5. The van der Waals surface area contributed by atoms with Crippen LogP contribution in [0.1, 0.15) is 76.0 Å². The third-order valence-corrected chi connectivity index (χ3v) is 6.96. The fourth-order valence-electron chi connectivity index (χ4n) is 4.77. The van der Waals surface area contributed by atoms with Gasteiger partial charge in [0.25, 0.3) is 0 Å². The van der Waals surface area contributed by atoms with Crippen molar-refractivity contribution in [1.82, 2.24) is 10.2 Å². The molecule has 0 unspecified atom stereocenters. The van der Waals surface area contributed by atoms with Crippen LogP contribution in [0.3, 0.4) is 0 Å². The molecular weight excluding hydrogens is 452 g/mol. The number of rotatable bonds is 12. The molecule has 0 bridgehead atoms. The van der Waals surface area contributed by atoms with E-state index in [-0.39, 0.29) is 17.9 Å². The van der Waals surface area contributed by atoms with Crippen LogP contribution in [0.5, 0.6) is 11.5 Å². The molecule has 0 spiro atoms. The molecule has 2 aromatic carbocycles. The first-order valence-electron chi connectivity index (χ1n) is 13.5. The van der Waals surface area contributed by atoms with Crippen LogP contribution in [-0.2, 0) is 22.6 Å². The van der Waals surface area contributed by atoms with E-state index < -0.39 is 6.04 Å². The quantitative estimate of drug-likeness (QED) is 0.418. The van der Waals surface area contributed by atoms with Crippen LogP contribution in [0.2, 0.25) is 0 Å². The second-order valence-corrected chi connectivity index (χ2v) is 9.61. The molecule has 2 aromatic rings. The van der Waals surface area contributed by atoms with Gasteiger partial charge in [0, 0.05) is 19.0 Å². The predicted octanol–water partition coefficient (Wildman–Crippen LogP) is 5.59. The second-order valence-electron chi connectivity index (χ2n) is 9.61. The summed E-state index contributed by atoms with van der Waals surface area (Å²) in [5.41, 5.74) is 3.18. The summed E-state index contributed by atoms with van der Waals surface area (Å²) in [6.07, 6.45) is 6.44. The van der Waals surface area contributed by atoms with E-state index in [2.05, 4.69) is 5.32 Å². The van der Waals surface area contributed by atoms with Gasteiger partial charge in [-0.1, -0.05) is 49.6 Å². The predicted molar refractivity (Wildman–Crippen MR) is 143 cm³/mol. The van der Waals surface area contributed by atoms with Gasteiger partial charge in [0.2, 0.25) is 11.8 Å². The first-order chi connectivity index (χ1) is 17.4. The van der Waals surface area contributed by atoms with E-state index in [9.17, 15) is 9.59 Å². The number of carbonyl (C=O) groups is 2. The molecule has 0 heterocycles. The van der Waals surface area contributed by atoms with Crippen molar-refractivity contribution in [2.45, 2.75) is 91.3 Å². The molecule has 2 amide bonds. The largest absolute Gasteiger partial charge is 0.490 e. The van der Waals surface area contributed by atoms with Crippen molar-refractivity contribution >= 4 is 11.8 Å². The molecular formula is C30H42N2O4. The molecule has 1 fully saturated rings. The maximum absolute atomic E-state index is 13.5. The van der Waals surface area contributed by atoms with E-state index in [1.807, 2.05) is 70.2 Å². The second kappa shape index (κ2) is 13.9. The zero-order valence-electron chi connectivity index (χ0n) is 22.3. The van der Waals surface area contributed by atoms with Crippen molar-refractivity contribution in [2.75, 3.05) is 13.2 Å². The van der Waals surface area contributed by atoms with Gasteiger partial charge in [-0.3, -0.25) is 9.59 Å². The normalized spacial score (nSPS) is 14.7. The molecule has 1 atom stereocenters. The Bertz CT molecular complexity index is 1000. The minimum Gasteiger partial charge on any atom is -0.490 e. The van der Waals surface area contributed by atoms with E-state index in [1.165, 1.54) is 6.42 Å². The SMILES string of the molecule is CCOc1ccc(CCC(=O)N(Cc2ccccc2C)[C@H](C)C(=O)NC2CCCCC2)cc1OCC. The van der Waals surface area contributed by atoms with Gasteiger partial charge in [-0.25, -0.2) is 0 Å². The average Bonchev–Trinajstić information content (AvgIpc) is 2.88. The standard InChI is InChI=1S/C30H42N2O4/c1-5-35-27-18-16-24(20-28(27)36-6-2)17-19-29(33)32(21-25-13-11-10-12-22(25)3)23(4)30(34)31-26-14-8-7-9-15-26/h10-13,16,18,20,23,26H,5-9,14-15,17,19,21H2,1-4H3,(H,31,34)/t23-/m1/s1. The van der Waals surface area contributed by atoms with Crippen LogP contribution >= 0.6 is 0 Å². The molecule has 1 N–H and O–H groups in total. The van der Waals surface area contributed by atoms with E-state index in [1.54, 1.807) is 4.90 Å². The Balaban J connectivity index is 1.73. The van der Waals surface area contributed by atoms with Gasteiger partial charge in [0.15, 0.2) is 11.5 Å². The van der Waals surface area contributed by atoms with Gasteiger partial charge in [0.05, 0.1) is 13.2 Å². The molecule has 1 aliphatic carbocycles. The summed E-state index contributed by atoms with van der Waals surface area (Å²) < 4.78 is 11.4. The number of benzene rings is 2. The lowest BCUT2D eigenvalue weighted by Gasteiger charge is -2.31. The van der Waals surface area contributed by atoms with Crippen molar-refractivity contribution in [2.24, 2.45) is 0 Å². The fourth-order valence-corrected chi connectivity index (χ4v) is 4.77. The number of hydrogen-bond acceptors (Lipinski definition) is 4. The third-order valence-electron chi connectivity index (χ3n) is 6.96. The molecule has 0 aliphatic heterocycles. The number of hydrogen-bond donors (Lipinski definition) is 1. The Hall–Kier alpha value is -3.02. The lowest BCUT2D eigenvalue weighted by Crippen LogP contribution is -2.50. The van der Waals surface area contributed by atoms with Crippen LogP contribution < -0.4 is 14.8 Å². The molecule has 3 rings (SSSR count). The number of ether oxygens (including phenoxy) is 2. The zero-order valence-corrected chi connectivity index (χ0v) is 22.3. The molecule has 0 aromatic heterocycles. The summed E-state index contributed by atoms with van der Waals surface area (Å²) in [4.78, 5) is 28.5. The average molecular weight is 495 g/mol. The maximum atomic E-state index is 13.5. The maximum Gasteiger partial charge on any atom is 0.242 e. The molecule has 6 heteroatoms. The number of carbonyl (C=O) groups excluding carboxylic acids is 2. The van der Waals surface area contributed by atoms with Gasteiger partial charge in [0.1, 0.15) is 6.04 Å². The highest BCUT2D eigenvalue weighted by Gasteiger charge is 2.28. The van der Waals surface area contributed by atoms with Gasteiger partial charge >= 0.3 is 0 Å². The van der Waals surface area contributed by atoms with Gasteiger partial charge in [-0.15, -0.1) is 0 Å². The zero-order chi connectivity index (χ0) is 25.9. The molecule has 0 radical (unpaired) electrons. The lowest BCUT2D eigenvalue weighted by molar-refractivity contribution is -0.141. The highest BCUT2D eigenvalue weighted by Crippen LogP contribution is 2.29. The Morgan fingerprint density at radius 3 is 2.39 bits per heavy atom. The monoisotopic (exact) mass is 494 g/mol. The summed E-state index contributed by atoms with van der Waals surface area (Å²) in [5, 5.41) is 3.20. The summed E-state index contributed by atoms with van der Waals surface area (Å²) in [6, 6.07) is 13.5. The van der Waals surface area contributed by atoms with Crippen molar-refractivity contribution in [1.29, 1.82) is 0 Å². The van der Waals surface area contributed by atoms with Crippen LogP contribution in [0.15, 0.2) is 42.5 Å². The van der Waals surface area contributed by atoms with Crippen LogP contribution in [0, 0.1) is 6.92 Å². The van der Waals surface area contributed by atoms with E-state index in [0.717, 1.165) is 42.4 Å². The van der Waals surface area contributed by atoms with Crippen LogP contribution in [0.25, 0.3) is 0 Å². The number of aryl methyl sites for hydroxylation is 2. The van der Waals surface area contributed by atoms with Crippen molar-refractivity contribution < 1.29 is 19.1 Å². The van der Waals surface area contributed by atoms with E-state index in [4.69, 9.17) is 9.47 Å². The van der Waals surface area contributed by atoms with Crippen LogP contribution in [-0.4, -0.2) is 42.0 Å².